The number of nitrogens with two attached hydrogens (primary N) is 1. The Labute approximate surface area is 81.0 Å². The number of alkyl halides is 4. The van der Waals surface area contributed by atoms with E-state index in [9.17, 15) is 18.0 Å². The van der Waals surface area contributed by atoms with Crippen molar-refractivity contribution >= 4 is 28.5 Å². The first kappa shape index (κ1) is 11.9. The molecule has 0 aromatic rings. The maximum Gasteiger partial charge on any atom is 0.405 e. The van der Waals surface area contributed by atoms with Crippen LogP contribution in [0.2, 0.25) is 0 Å². The molecule has 3 N–H and O–H groups in total. The van der Waals surface area contributed by atoms with Crippen LogP contribution in [0.3, 0.4) is 0 Å². The zero-order valence-electron chi connectivity index (χ0n) is 5.99. The lowest BCUT2D eigenvalue weighted by Gasteiger charge is -2.10. The second kappa shape index (κ2) is 4.85. The van der Waals surface area contributed by atoms with Gasteiger partial charge >= 0.3 is 6.18 Å². The molecule has 0 aliphatic carbocycles. The fraction of sp³-hybridized carbons (Fsp3) is 0.800. The molecule has 0 radical (unpaired) electrons. The van der Waals surface area contributed by atoms with Crippen molar-refractivity contribution in [2.24, 2.45) is 5.73 Å². The van der Waals surface area contributed by atoms with Crippen LogP contribution >= 0.6 is 22.6 Å². The first-order valence-electron chi connectivity index (χ1n) is 3.03. The summed E-state index contributed by atoms with van der Waals surface area (Å²) in [4.78, 5) is 10.7. The van der Waals surface area contributed by atoms with Gasteiger partial charge in [0.15, 0.2) is 0 Å². The smallest absolute Gasteiger partial charge is 0.346 e. The van der Waals surface area contributed by atoms with Crippen LogP contribution in [-0.4, -0.2) is 29.1 Å². The summed E-state index contributed by atoms with van der Waals surface area (Å²) >= 11 is 1.82. The third-order valence-electron chi connectivity index (χ3n) is 0.966. The molecule has 0 rings (SSSR count). The van der Waals surface area contributed by atoms with Gasteiger partial charge in [-0.15, -0.1) is 0 Å². The number of carbonyl (C=O) groups is 1. The molecule has 0 aromatic carbocycles. The van der Waals surface area contributed by atoms with Gasteiger partial charge in [-0.2, -0.15) is 13.2 Å². The van der Waals surface area contributed by atoms with Crippen LogP contribution in [0.25, 0.3) is 0 Å². The van der Waals surface area contributed by atoms with Gasteiger partial charge < -0.3 is 11.1 Å². The Kier molecular flexibility index (Phi) is 4.83. The lowest BCUT2D eigenvalue weighted by molar-refractivity contribution is -0.138. The largest absolute Gasteiger partial charge is 0.405 e. The molecule has 0 heterocycles. The molecule has 1 unspecified atom stereocenters. The maximum absolute atomic E-state index is 11.5. The number of nitrogens with one attached hydrogen (secondary N) is 1. The van der Waals surface area contributed by atoms with E-state index in [-0.39, 0.29) is 0 Å². The highest BCUT2D eigenvalue weighted by atomic mass is 127. The van der Waals surface area contributed by atoms with Crippen LogP contribution in [0.1, 0.15) is 0 Å². The van der Waals surface area contributed by atoms with E-state index in [0.717, 1.165) is 0 Å². The first-order valence-corrected chi connectivity index (χ1v) is 4.55. The molecule has 72 valence electrons. The second-order valence-corrected chi connectivity index (χ2v) is 2.97. The summed E-state index contributed by atoms with van der Waals surface area (Å²) in [5.41, 5.74) is 5.16. The van der Waals surface area contributed by atoms with Crippen molar-refractivity contribution in [3.63, 3.8) is 0 Å². The molecule has 0 saturated carbocycles. The third kappa shape index (κ3) is 5.58. The SMILES string of the molecule is NC(CI)C(=O)NCC(F)(F)F. The normalized spacial score (nSPS) is 14.1. The summed E-state index contributed by atoms with van der Waals surface area (Å²) < 4.78 is 34.9. The van der Waals surface area contributed by atoms with Crippen molar-refractivity contribution in [3.05, 3.63) is 0 Å². The van der Waals surface area contributed by atoms with Crippen molar-refractivity contribution in [2.45, 2.75) is 12.2 Å². The molecule has 1 amide bonds. The molecule has 3 nitrogen and oxygen atoms in total. The quantitative estimate of drug-likeness (QED) is 0.586. The summed E-state index contributed by atoms with van der Waals surface area (Å²) in [6.45, 7) is -1.32. The molecule has 1 atom stereocenters. The van der Waals surface area contributed by atoms with Gasteiger partial charge in [-0.1, -0.05) is 22.6 Å². The van der Waals surface area contributed by atoms with Crippen LogP contribution < -0.4 is 11.1 Å². The number of halogens is 4. The minimum absolute atomic E-state index is 0.293. The lowest BCUT2D eigenvalue weighted by atomic mass is 10.3. The molecule has 0 spiro atoms. The Bertz CT molecular complexity index is 161. The van der Waals surface area contributed by atoms with Crippen molar-refractivity contribution in [2.75, 3.05) is 11.0 Å². The average molecular weight is 296 g/mol. The molecule has 7 heteroatoms. The molecular formula is C5H8F3IN2O. The topological polar surface area (TPSA) is 55.1 Å². The van der Waals surface area contributed by atoms with Crippen LogP contribution in [0.15, 0.2) is 0 Å². The molecule has 0 aromatic heterocycles. The van der Waals surface area contributed by atoms with Gasteiger partial charge in [-0.25, -0.2) is 0 Å². The standard InChI is InChI=1S/C5H8F3IN2O/c6-5(7,8)2-11-4(12)3(10)1-9/h3H,1-2,10H2,(H,11,12). The predicted molar refractivity (Wildman–Crippen MR) is 45.9 cm³/mol. The van der Waals surface area contributed by atoms with Gasteiger partial charge in [0.2, 0.25) is 5.91 Å². The van der Waals surface area contributed by atoms with Gasteiger partial charge in [-0.3, -0.25) is 4.79 Å². The molecule has 0 saturated heterocycles. The van der Waals surface area contributed by atoms with Crippen LogP contribution in [0.5, 0.6) is 0 Å². The molecule has 12 heavy (non-hydrogen) atoms. The van der Waals surface area contributed by atoms with E-state index in [1.807, 2.05) is 22.6 Å². The Morgan fingerprint density at radius 1 is 1.58 bits per heavy atom. The number of hydrogen-bond donors (Lipinski definition) is 2. The maximum atomic E-state index is 11.5. The Morgan fingerprint density at radius 3 is 2.42 bits per heavy atom. The number of hydrogen-bond acceptors (Lipinski definition) is 2. The van der Waals surface area contributed by atoms with Gasteiger partial charge in [0.1, 0.15) is 6.54 Å². The molecular weight excluding hydrogens is 288 g/mol. The fourth-order valence-electron chi connectivity index (χ4n) is 0.389. The molecule has 0 fully saturated rings. The van der Waals surface area contributed by atoms with Gasteiger partial charge in [-0.05, 0) is 0 Å². The molecule has 0 aliphatic rings. The fourth-order valence-corrected chi connectivity index (χ4v) is 0.788. The number of carbonyl (C=O) groups excluding carboxylic acids is 1. The predicted octanol–water partition coefficient (Wildman–Crippen LogP) is 0.427. The van der Waals surface area contributed by atoms with E-state index in [0.29, 0.717) is 4.43 Å². The minimum Gasteiger partial charge on any atom is -0.346 e. The van der Waals surface area contributed by atoms with Crippen molar-refractivity contribution in [1.82, 2.24) is 5.32 Å². The molecule has 0 bridgehead atoms. The van der Waals surface area contributed by atoms with Crippen LogP contribution in [0.4, 0.5) is 13.2 Å². The Balaban J connectivity index is 3.72. The zero-order chi connectivity index (χ0) is 9.78. The van der Waals surface area contributed by atoms with E-state index in [2.05, 4.69) is 0 Å². The third-order valence-corrected chi connectivity index (χ3v) is 1.91. The summed E-state index contributed by atoms with van der Waals surface area (Å²) in [6, 6.07) is -0.868. The van der Waals surface area contributed by atoms with Crippen molar-refractivity contribution < 1.29 is 18.0 Å². The second-order valence-electron chi connectivity index (χ2n) is 2.09. The van der Waals surface area contributed by atoms with Gasteiger partial charge in [0, 0.05) is 4.43 Å². The lowest BCUT2D eigenvalue weighted by Crippen LogP contribution is -2.45. The monoisotopic (exact) mass is 296 g/mol. The van der Waals surface area contributed by atoms with E-state index in [1.165, 1.54) is 0 Å². The highest BCUT2D eigenvalue weighted by molar-refractivity contribution is 14.1. The Hall–Kier alpha value is -0.0500. The summed E-state index contributed by atoms with van der Waals surface area (Å²) in [5, 5.41) is 1.68. The van der Waals surface area contributed by atoms with Crippen molar-refractivity contribution in [1.29, 1.82) is 0 Å². The van der Waals surface area contributed by atoms with Crippen molar-refractivity contribution in [3.8, 4) is 0 Å². The summed E-state index contributed by atoms with van der Waals surface area (Å²) in [7, 11) is 0. The first-order chi connectivity index (χ1) is 5.37. The van der Waals surface area contributed by atoms with Crippen LogP contribution in [-0.2, 0) is 4.79 Å². The number of amides is 1. The highest BCUT2D eigenvalue weighted by Gasteiger charge is 2.28. The highest BCUT2D eigenvalue weighted by Crippen LogP contribution is 2.12. The van der Waals surface area contributed by atoms with E-state index >= 15 is 0 Å². The van der Waals surface area contributed by atoms with E-state index in [4.69, 9.17) is 5.73 Å². The number of rotatable bonds is 3. The van der Waals surface area contributed by atoms with E-state index in [1.54, 1.807) is 5.32 Å². The minimum atomic E-state index is -4.37. The van der Waals surface area contributed by atoms with Gasteiger partial charge in [0.25, 0.3) is 0 Å². The van der Waals surface area contributed by atoms with E-state index < -0.39 is 24.7 Å². The summed E-state index contributed by atoms with van der Waals surface area (Å²) in [5.74, 6) is -0.776. The van der Waals surface area contributed by atoms with Crippen LogP contribution in [0, 0.1) is 0 Å². The Morgan fingerprint density at radius 2 is 2.08 bits per heavy atom. The average Bonchev–Trinajstić information content (AvgIpc) is 1.97. The zero-order valence-corrected chi connectivity index (χ0v) is 8.15. The summed E-state index contributed by atoms with van der Waals surface area (Å²) in [6.07, 6.45) is -4.37. The van der Waals surface area contributed by atoms with Gasteiger partial charge in [0.05, 0.1) is 6.04 Å². The molecule has 0 aliphatic heterocycles.